The summed E-state index contributed by atoms with van der Waals surface area (Å²) in [5, 5.41) is 2.66. The Bertz CT molecular complexity index is 869. The van der Waals surface area contributed by atoms with E-state index < -0.39 is 0 Å². The Morgan fingerprint density at radius 1 is 0.810 bits per heavy atom. The molecule has 0 saturated carbocycles. The van der Waals surface area contributed by atoms with Crippen LogP contribution in [-0.4, -0.2) is 0 Å². The Morgan fingerprint density at radius 2 is 1.52 bits per heavy atom. The smallest absolute Gasteiger partial charge is 0.0312 e. The molecule has 3 aromatic rings. The summed E-state index contributed by atoms with van der Waals surface area (Å²) in [7, 11) is 0. The zero-order chi connectivity index (χ0) is 14.4. The van der Waals surface area contributed by atoms with Gasteiger partial charge in [-0.2, -0.15) is 0 Å². The SMILES string of the molecule is CC1=Cc2c(Br)cccc2C1c1cccc2ccccc12. The normalized spacial score (nSPS) is 16.9. The van der Waals surface area contributed by atoms with Crippen molar-refractivity contribution in [3.05, 3.63) is 87.4 Å². The summed E-state index contributed by atoms with van der Waals surface area (Å²) in [4.78, 5) is 0. The van der Waals surface area contributed by atoms with Crippen molar-refractivity contribution in [3.63, 3.8) is 0 Å². The standard InChI is InChI=1S/C20H15Br/c1-13-12-18-17(10-5-11-19(18)21)20(13)16-9-4-7-14-6-2-3-8-15(14)16/h2-12,20H,1H3. The average Bonchev–Trinajstić information content (AvgIpc) is 2.84. The first-order chi connectivity index (χ1) is 10.3. The molecule has 0 radical (unpaired) electrons. The molecule has 1 heteroatoms. The minimum atomic E-state index is 0.364. The lowest BCUT2D eigenvalue weighted by atomic mass is 9.86. The molecule has 0 fully saturated rings. The molecule has 0 aliphatic heterocycles. The number of fused-ring (bicyclic) bond motifs is 2. The molecule has 21 heavy (non-hydrogen) atoms. The second kappa shape index (κ2) is 4.85. The molecule has 3 aromatic carbocycles. The van der Waals surface area contributed by atoms with Gasteiger partial charge in [-0.1, -0.05) is 82.2 Å². The lowest BCUT2D eigenvalue weighted by Crippen LogP contribution is -2.00. The maximum absolute atomic E-state index is 3.68. The van der Waals surface area contributed by atoms with Crippen LogP contribution >= 0.6 is 15.9 Å². The second-order valence-electron chi connectivity index (χ2n) is 5.63. The minimum Gasteiger partial charge on any atom is -0.0616 e. The zero-order valence-electron chi connectivity index (χ0n) is 11.8. The van der Waals surface area contributed by atoms with Gasteiger partial charge in [-0.15, -0.1) is 0 Å². The van der Waals surface area contributed by atoms with Crippen LogP contribution in [0.4, 0.5) is 0 Å². The third-order valence-electron chi connectivity index (χ3n) is 4.36. The van der Waals surface area contributed by atoms with Crippen LogP contribution in [0.1, 0.15) is 29.5 Å². The summed E-state index contributed by atoms with van der Waals surface area (Å²) in [6.45, 7) is 2.24. The molecule has 1 aliphatic carbocycles. The highest BCUT2D eigenvalue weighted by Gasteiger charge is 2.26. The van der Waals surface area contributed by atoms with Crippen LogP contribution in [0.15, 0.2) is 70.7 Å². The summed E-state index contributed by atoms with van der Waals surface area (Å²) in [5.41, 5.74) is 5.54. The van der Waals surface area contributed by atoms with Gasteiger partial charge in [0.05, 0.1) is 0 Å². The fourth-order valence-corrected chi connectivity index (χ4v) is 3.92. The van der Waals surface area contributed by atoms with Crippen molar-refractivity contribution in [2.75, 3.05) is 0 Å². The molecule has 1 atom stereocenters. The van der Waals surface area contributed by atoms with Gasteiger partial charge < -0.3 is 0 Å². The van der Waals surface area contributed by atoms with Gasteiger partial charge in [-0.3, -0.25) is 0 Å². The van der Waals surface area contributed by atoms with Gasteiger partial charge in [-0.25, -0.2) is 0 Å². The van der Waals surface area contributed by atoms with Crippen molar-refractivity contribution in [3.8, 4) is 0 Å². The van der Waals surface area contributed by atoms with Gasteiger partial charge in [0.25, 0.3) is 0 Å². The van der Waals surface area contributed by atoms with Crippen molar-refractivity contribution in [1.29, 1.82) is 0 Å². The molecule has 0 aromatic heterocycles. The van der Waals surface area contributed by atoms with Gasteiger partial charge in [0.2, 0.25) is 0 Å². The fourth-order valence-electron chi connectivity index (χ4n) is 3.43. The largest absolute Gasteiger partial charge is 0.0616 e. The average molecular weight is 335 g/mol. The summed E-state index contributed by atoms with van der Waals surface area (Å²) >= 11 is 3.68. The van der Waals surface area contributed by atoms with Gasteiger partial charge in [-0.05, 0) is 40.5 Å². The molecule has 0 heterocycles. The maximum Gasteiger partial charge on any atom is 0.0312 e. The molecule has 102 valence electrons. The molecule has 0 amide bonds. The van der Waals surface area contributed by atoms with Crippen LogP contribution in [0.5, 0.6) is 0 Å². The van der Waals surface area contributed by atoms with Crippen LogP contribution in [0.2, 0.25) is 0 Å². The number of halogens is 1. The van der Waals surface area contributed by atoms with Crippen LogP contribution in [0.3, 0.4) is 0 Å². The molecule has 0 saturated heterocycles. The third-order valence-corrected chi connectivity index (χ3v) is 5.05. The summed E-state index contributed by atoms with van der Waals surface area (Å²) in [6.07, 6.45) is 2.31. The predicted molar refractivity (Wildman–Crippen MR) is 93.6 cm³/mol. The van der Waals surface area contributed by atoms with Crippen molar-refractivity contribution in [2.45, 2.75) is 12.8 Å². The summed E-state index contributed by atoms with van der Waals surface area (Å²) < 4.78 is 1.18. The van der Waals surface area contributed by atoms with Crippen molar-refractivity contribution < 1.29 is 0 Å². The number of hydrogen-bond donors (Lipinski definition) is 0. The molecule has 1 aliphatic rings. The molecule has 0 bridgehead atoms. The third kappa shape index (κ3) is 1.96. The Morgan fingerprint density at radius 3 is 2.43 bits per heavy atom. The van der Waals surface area contributed by atoms with Crippen LogP contribution in [-0.2, 0) is 0 Å². The van der Waals surface area contributed by atoms with E-state index in [1.54, 1.807) is 0 Å². The predicted octanol–water partition coefficient (Wildman–Crippen LogP) is 6.15. The van der Waals surface area contributed by atoms with Crippen molar-refractivity contribution in [2.24, 2.45) is 0 Å². The molecule has 1 unspecified atom stereocenters. The van der Waals surface area contributed by atoms with Crippen LogP contribution in [0, 0.1) is 0 Å². The van der Waals surface area contributed by atoms with Crippen molar-refractivity contribution in [1.82, 2.24) is 0 Å². The summed E-state index contributed by atoms with van der Waals surface area (Å²) in [6, 6.07) is 21.8. The molecular formula is C20H15Br. The zero-order valence-corrected chi connectivity index (χ0v) is 13.4. The van der Waals surface area contributed by atoms with Gasteiger partial charge in [0, 0.05) is 10.4 Å². The van der Waals surface area contributed by atoms with E-state index in [-0.39, 0.29) is 0 Å². The maximum atomic E-state index is 3.68. The lowest BCUT2D eigenvalue weighted by molar-refractivity contribution is 0.987. The van der Waals surface area contributed by atoms with E-state index in [1.807, 2.05) is 0 Å². The number of allylic oxidation sites excluding steroid dienone is 1. The van der Waals surface area contributed by atoms with E-state index in [0.717, 1.165) is 0 Å². The van der Waals surface area contributed by atoms with Gasteiger partial charge in [0.1, 0.15) is 0 Å². The first kappa shape index (κ1) is 12.8. The Balaban J connectivity index is 1.99. The van der Waals surface area contributed by atoms with Crippen LogP contribution < -0.4 is 0 Å². The van der Waals surface area contributed by atoms with Gasteiger partial charge in [0.15, 0.2) is 0 Å². The molecule has 0 spiro atoms. The number of rotatable bonds is 1. The van der Waals surface area contributed by atoms with E-state index >= 15 is 0 Å². The second-order valence-corrected chi connectivity index (χ2v) is 6.49. The number of hydrogen-bond acceptors (Lipinski definition) is 0. The molecule has 4 rings (SSSR count). The first-order valence-corrected chi connectivity index (χ1v) is 7.99. The minimum absolute atomic E-state index is 0.364. The Labute approximate surface area is 133 Å². The molecule has 0 nitrogen and oxygen atoms in total. The van der Waals surface area contributed by atoms with Crippen LogP contribution in [0.25, 0.3) is 16.8 Å². The van der Waals surface area contributed by atoms with Crippen molar-refractivity contribution >= 4 is 32.8 Å². The monoisotopic (exact) mass is 334 g/mol. The molecular weight excluding hydrogens is 320 g/mol. The highest BCUT2D eigenvalue weighted by molar-refractivity contribution is 9.10. The quantitative estimate of drug-likeness (QED) is 0.500. The highest BCUT2D eigenvalue weighted by Crippen LogP contribution is 2.44. The van der Waals surface area contributed by atoms with E-state index in [4.69, 9.17) is 0 Å². The Hall–Kier alpha value is -1.86. The van der Waals surface area contributed by atoms with E-state index in [1.165, 1.54) is 37.5 Å². The highest BCUT2D eigenvalue weighted by atomic mass is 79.9. The lowest BCUT2D eigenvalue weighted by Gasteiger charge is -2.18. The first-order valence-electron chi connectivity index (χ1n) is 7.20. The fraction of sp³-hybridized carbons (Fsp3) is 0.100. The topological polar surface area (TPSA) is 0 Å². The molecule has 0 N–H and O–H groups in total. The number of benzene rings is 3. The van der Waals surface area contributed by atoms with E-state index in [9.17, 15) is 0 Å². The Kier molecular flexibility index (Phi) is 2.97. The van der Waals surface area contributed by atoms with E-state index in [0.29, 0.717) is 5.92 Å². The summed E-state index contributed by atoms with van der Waals surface area (Å²) in [5.74, 6) is 0.364. The van der Waals surface area contributed by atoms with E-state index in [2.05, 4.69) is 89.6 Å². The van der Waals surface area contributed by atoms with Gasteiger partial charge >= 0.3 is 0 Å².